The Morgan fingerprint density at radius 1 is 1.28 bits per heavy atom. The summed E-state index contributed by atoms with van der Waals surface area (Å²) in [5.74, 6) is -0.875. The Morgan fingerprint density at radius 3 is 2.81 bits per heavy atom. The van der Waals surface area contributed by atoms with Gasteiger partial charge in [-0.2, -0.15) is 4.90 Å². The Bertz CT molecular complexity index is 829. The number of fused-ring (bicyclic) bond motifs is 3. The molecule has 0 aromatic heterocycles. The van der Waals surface area contributed by atoms with Gasteiger partial charge in [0.05, 0.1) is 13.2 Å². The van der Waals surface area contributed by atoms with E-state index in [9.17, 15) is 9.59 Å². The van der Waals surface area contributed by atoms with Crippen LogP contribution in [0.3, 0.4) is 0 Å². The van der Waals surface area contributed by atoms with Crippen LogP contribution >= 0.6 is 0 Å². The number of carbonyl (C=O) groups excluding carboxylic acids is 2. The fourth-order valence-corrected chi connectivity index (χ4v) is 4.06. The van der Waals surface area contributed by atoms with E-state index in [1.807, 2.05) is 30.3 Å². The van der Waals surface area contributed by atoms with Crippen molar-refractivity contribution in [1.29, 1.82) is 0 Å². The highest BCUT2D eigenvalue weighted by molar-refractivity contribution is 5.90. The van der Waals surface area contributed by atoms with Crippen molar-refractivity contribution in [2.24, 2.45) is 0 Å². The number of rotatable bonds is 7. The molecule has 3 heterocycles. The third-order valence-electron chi connectivity index (χ3n) is 5.60. The Labute approximate surface area is 187 Å². The quantitative estimate of drug-likeness (QED) is 0.464. The Kier molecular flexibility index (Phi) is 6.80. The van der Waals surface area contributed by atoms with E-state index in [0.717, 1.165) is 23.3 Å². The summed E-state index contributed by atoms with van der Waals surface area (Å²) >= 11 is 0. The summed E-state index contributed by atoms with van der Waals surface area (Å²) in [7, 11) is 0. The van der Waals surface area contributed by atoms with Crippen molar-refractivity contribution in [3.05, 3.63) is 48.6 Å². The molecule has 174 valence electrons. The molecule has 3 fully saturated rings. The Hall–Kier alpha value is -2.46. The highest BCUT2D eigenvalue weighted by atomic mass is 16.8. The lowest BCUT2D eigenvalue weighted by molar-refractivity contribution is -0.365. The Morgan fingerprint density at radius 2 is 2.06 bits per heavy atom. The lowest BCUT2D eigenvalue weighted by Crippen LogP contribution is -2.66. The summed E-state index contributed by atoms with van der Waals surface area (Å²) in [6.07, 6.45) is -1.10. The van der Waals surface area contributed by atoms with Crippen LogP contribution in [0.1, 0.15) is 32.3 Å². The second-order valence-electron chi connectivity index (χ2n) is 8.39. The van der Waals surface area contributed by atoms with Crippen molar-refractivity contribution in [3.63, 3.8) is 0 Å². The molecule has 9 nitrogen and oxygen atoms in total. The van der Waals surface area contributed by atoms with Crippen molar-refractivity contribution in [2.75, 3.05) is 13.2 Å². The molecule has 2 amide bonds. The van der Waals surface area contributed by atoms with Crippen LogP contribution in [0.25, 0.3) is 0 Å². The molecule has 3 saturated heterocycles. The van der Waals surface area contributed by atoms with Crippen LogP contribution in [-0.2, 0) is 35.0 Å². The Balaban J connectivity index is 1.52. The van der Waals surface area contributed by atoms with Crippen LogP contribution in [-0.4, -0.2) is 66.7 Å². The summed E-state index contributed by atoms with van der Waals surface area (Å²) < 4.78 is 34.7. The summed E-state index contributed by atoms with van der Waals surface area (Å²) in [6.45, 7) is 7.90. The first-order chi connectivity index (χ1) is 15.4. The van der Waals surface area contributed by atoms with Crippen molar-refractivity contribution < 1.29 is 38.0 Å². The van der Waals surface area contributed by atoms with E-state index in [-0.39, 0.29) is 13.2 Å². The molecule has 0 bridgehead atoms. The molecule has 32 heavy (non-hydrogen) atoms. The van der Waals surface area contributed by atoms with Crippen molar-refractivity contribution in [1.82, 2.24) is 4.90 Å². The van der Waals surface area contributed by atoms with Crippen LogP contribution in [0.15, 0.2) is 43.0 Å². The maximum absolute atomic E-state index is 12.9. The highest BCUT2D eigenvalue weighted by Gasteiger charge is 2.61. The first-order valence-electron chi connectivity index (χ1n) is 10.8. The standard InChI is InChI=1S/C23H29NO8/c1-4-5-9-12-27-20-17-19(18-16(30-20)14-29-23(2,3)32-18)31-22(26)24(17)21(25)28-13-15-10-7-6-8-11-15/h4,6-8,10-11,16-20H,1,5,9,12-14H2,2-3H3/t16-,17+,18-,19-,20-/m1/s1. The van der Waals surface area contributed by atoms with E-state index in [2.05, 4.69) is 6.58 Å². The molecule has 0 unspecified atom stereocenters. The topological polar surface area (TPSA) is 92.8 Å². The molecule has 5 atom stereocenters. The highest BCUT2D eigenvalue weighted by Crippen LogP contribution is 2.39. The molecule has 4 rings (SSSR count). The fraction of sp³-hybridized carbons (Fsp3) is 0.565. The monoisotopic (exact) mass is 447 g/mol. The molecule has 9 heteroatoms. The van der Waals surface area contributed by atoms with Crippen molar-refractivity contribution in [3.8, 4) is 0 Å². The predicted molar refractivity (Wildman–Crippen MR) is 111 cm³/mol. The molecule has 3 aliphatic heterocycles. The predicted octanol–water partition coefficient (Wildman–Crippen LogP) is 3.37. The number of ether oxygens (including phenoxy) is 6. The van der Waals surface area contributed by atoms with E-state index in [1.54, 1.807) is 19.9 Å². The van der Waals surface area contributed by atoms with Gasteiger partial charge in [0.25, 0.3) is 0 Å². The maximum atomic E-state index is 12.9. The molecular weight excluding hydrogens is 418 g/mol. The smallest absolute Gasteiger partial charge is 0.420 e. The average Bonchev–Trinajstić information content (AvgIpc) is 3.13. The fourth-order valence-electron chi connectivity index (χ4n) is 4.06. The van der Waals surface area contributed by atoms with Gasteiger partial charge >= 0.3 is 12.2 Å². The van der Waals surface area contributed by atoms with Crippen LogP contribution < -0.4 is 0 Å². The maximum Gasteiger partial charge on any atom is 0.420 e. The molecule has 1 aromatic rings. The van der Waals surface area contributed by atoms with E-state index < -0.39 is 48.6 Å². The molecule has 0 aliphatic carbocycles. The largest absolute Gasteiger partial charge is 0.444 e. The molecule has 0 spiro atoms. The van der Waals surface area contributed by atoms with Gasteiger partial charge < -0.3 is 28.4 Å². The second kappa shape index (κ2) is 9.58. The number of allylic oxidation sites excluding steroid dienone is 1. The first kappa shape index (κ1) is 22.7. The first-order valence-corrected chi connectivity index (χ1v) is 10.8. The molecular formula is C23H29NO8. The third-order valence-corrected chi connectivity index (χ3v) is 5.60. The SMILES string of the molecule is C=CCCCO[C@@H]1O[C@@H]2COC(C)(C)O[C@H]2[C@@H]2OC(=O)N(C(=O)OCc3ccccc3)[C@H]12. The minimum Gasteiger partial charge on any atom is -0.444 e. The number of imide groups is 1. The van der Waals surface area contributed by atoms with Gasteiger partial charge in [0.1, 0.15) is 24.9 Å². The number of hydrogen-bond donors (Lipinski definition) is 0. The normalized spacial score (nSPS) is 30.8. The zero-order chi connectivity index (χ0) is 22.7. The molecule has 1 aromatic carbocycles. The van der Waals surface area contributed by atoms with Gasteiger partial charge in [0.15, 0.2) is 18.2 Å². The minimum atomic E-state index is -0.893. The third kappa shape index (κ3) is 4.80. The van der Waals surface area contributed by atoms with Crippen LogP contribution in [0.4, 0.5) is 9.59 Å². The van der Waals surface area contributed by atoms with Crippen molar-refractivity contribution >= 4 is 12.2 Å². The lowest BCUT2D eigenvalue weighted by Gasteiger charge is -2.48. The number of hydrogen-bond acceptors (Lipinski definition) is 8. The van der Waals surface area contributed by atoms with E-state index in [0.29, 0.717) is 6.61 Å². The average molecular weight is 447 g/mol. The van der Waals surface area contributed by atoms with E-state index in [4.69, 9.17) is 28.4 Å². The van der Waals surface area contributed by atoms with Crippen LogP contribution in [0, 0.1) is 0 Å². The van der Waals surface area contributed by atoms with Gasteiger partial charge in [0, 0.05) is 0 Å². The summed E-state index contributed by atoms with van der Waals surface area (Å²) in [6, 6.07) is 8.37. The van der Waals surface area contributed by atoms with Gasteiger partial charge in [0.2, 0.25) is 0 Å². The van der Waals surface area contributed by atoms with Gasteiger partial charge in [-0.3, -0.25) is 0 Å². The molecule has 0 N–H and O–H groups in total. The number of carbonyl (C=O) groups is 2. The van der Waals surface area contributed by atoms with E-state index in [1.165, 1.54) is 0 Å². The van der Waals surface area contributed by atoms with Crippen LogP contribution in [0.2, 0.25) is 0 Å². The number of benzene rings is 1. The van der Waals surface area contributed by atoms with Gasteiger partial charge in [-0.25, -0.2) is 9.59 Å². The number of nitrogens with zero attached hydrogens (tertiary/aromatic N) is 1. The number of unbranched alkanes of at least 4 members (excludes halogenated alkanes) is 1. The van der Waals surface area contributed by atoms with Gasteiger partial charge in [-0.05, 0) is 32.3 Å². The lowest BCUT2D eigenvalue weighted by atomic mass is 9.95. The van der Waals surface area contributed by atoms with Crippen LogP contribution in [0.5, 0.6) is 0 Å². The summed E-state index contributed by atoms with van der Waals surface area (Å²) in [5, 5.41) is 0. The summed E-state index contributed by atoms with van der Waals surface area (Å²) in [5.41, 5.74) is 0.802. The van der Waals surface area contributed by atoms with Crippen molar-refractivity contribution in [2.45, 2.75) is 69.7 Å². The van der Waals surface area contributed by atoms with Gasteiger partial charge in [-0.15, -0.1) is 6.58 Å². The molecule has 0 saturated carbocycles. The summed E-state index contributed by atoms with van der Waals surface area (Å²) in [4.78, 5) is 26.6. The molecule has 0 radical (unpaired) electrons. The second-order valence-corrected chi connectivity index (χ2v) is 8.39. The number of amides is 2. The zero-order valence-electron chi connectivity index (χ0n) is 18.3. The minimum absolute atomic E-state index is 0.0238. The van der Waals surface area contributed by atoms with E-state index >= 15 is 0 Å². The van der Waals surface area contributed by atoms with Gasteiger partial charge in [-0.1, -0.05) is 36.4 Å². The molecule has 3 aliphatic rings. The zero-order valence-corrected chi connectivity index (χ0v) is 18.3.